The summed E-state index contributed by atoms with van der Waals surface area (Å²) in [5, 5.41) is 3.59. The van der Waals surface area contributed by atoms with E-state index in [0.717, 1.165) is 30.5 Å². The second-order valence-corrected chi connectivity index (χ2v) is 8.87. The number of carbonyl (C=O) groups is 1. The summed E-state index contributed by atoms with van der Waals surface area (Å²) in [5.41, 5.74) is 13.1. The van der Waals surface area contributed by atoms with Crippen LogP contribution in [0.15, 0.2) is 46.4 Å². The van der Waals surface area contributed by atoms with Gasteiger partial charge in [0.1, 0.15) is 12.4 Å². The average Bonchev–Trinajstić information content (AvgIpc) is 3.65. The van der Waals surface area contributed by atoms with Crippen LogP contribution >= 0.6 is 0 Å². The van der Waals surface area contributed by atoms with E-state index in [1.807, 2.05) is 36.1 Å². The average molecular weight is 427 g/mol. The number of nitrogens with zero attached hydrogens (tertiary/aromatic N) is 2. The zero-order chi connectivity index (χ0) is 21.8. The number of furan rings is 1. The van der Waals surface area contributed by atoms with E-state index in [4.69, 9.17) is 25.5 Å². The maximum Gasteiger partial charge on any atom is 0.254 e. The number of nitrogens with two attached hydrogens (primary N) is 2. The lowest BCUT2D eigenvalue weighted by atomic mass is 10.1. The molecule has 31 heavy (non-hydrogen) atoms. The van der Waals surface area contributed by atoms with Gasteiger partial charge in [-0.3, -0.25) is 4.79 Å². The molecule has 2 aliphatic rings. The van der Waals surface area contributed by atoms with Crippen LogP contribution in [-0.2, 0) is 11.4 Å². The highest BCUT2D eigenvalue weighted by atomic mass is 16.6. The van der Waals surface area contributed by atoms with Gasteiger partial charge >= 0.3 is 0 Å². The second kappa shape index (κ2) is 8.91. The van der Waals surface area contributed by atoms with Crippen LogP contribution in [0.3, 0.4) is 0 Å². The summed E-state index contributed by atoms with van der Waals surface area (Å²) in [6.45, 7) is 4.17. The Morgan fingerprint density at radius 3 is 2.71 bits per heavy atom. The van der Waals surface area contributed by atoms with Crippen molar-refractivity contribution in [2.45, 2.75) is 39.2 Å². The molecule has 166 valence electrons. The van der Waals surface area contributed by atoms with Crippen LogP contribution < -0.4 is 16.2 Å². The number of oxime groups is 1. The molecule has 0 unspecified atom stereocenters. The number of hydrogen-bond acceptors (Lipinski definition) is 5. The van der Waals surface area contributed by atoms with E-state index in [-0.39, 0.29) is 17.3 Å². The Balaban J connectivity index is 1.42. The lowest BCUT2D eigenvalue weighted by Gasteiger charge is -2.23. The number of rotatable bonds is 11. The second-order valence-electron chi connectivity index (χ2n) is 8.87. The van der Waals surface area contributed by atoms with Crippen LogP contribution in [0, 0.1) is 18.3 Å². The number of ether oxygens (including phenoxy) is 1. The van der Waals surface area contributed by atoms with Gasteiger partial charge in [-0.2, -0.15) is 0 Å². The summed E-state index contributed by atoms with van der Waals surface area (Å²) in [5.74, 6) is 1.20. The van der Waals surface area contributed by atoms with Crippen molar-refractivity contribution in [3.8, 4) is 5.75 Å². The highest BCUT2D eigenvalue weighted by Crippen LogP contribution is 2.46. The number of carbonyl (C=O) groups excluding carboxylic acids is 1. The van der Waals surface area contributed by atoms with Crippen LogP contribution in [-0.4, -0.2) is 36.5 Å². The molecule has 8 nitrogen and oxygen atoms in total. The predicted molar refractivity (Wildman–Crippen MR) is 116 cm³/mol. The van der Waals surface area contributed by atoms with Crippen LogP contribution in [0.4, 0.5) is 0 Å². The molecule has 1 heterocycles. The number of benzene rings is 1. The molecule has 2 saturated carbocycles. The summed E-state index contributed by atoms with van der Waals surface area (Å²) >= 11 is 0. The normalized spacial score (nSPS) is 16.4. The summed E-state index contributed by atoms with van der Waals surface area (Å²) in [4.78, 5) is 20.5. The lowest BCUT2D eigenvalue weighted by molar-refractivity contribution is 0.0707. The quantitative estimate of drug-likeness (QED) is 0.324. The van der Waals surface area contributed by atoms with Gasteiger partial charge < -0.3 is 30.4 Å². The summed E-state index contributed by atoms with van der Waals surface area (Å²) in [6.07, 6.45) is 7.67. The van der Waals surface area contributed by atoms with Gasteiger partial charge in [0.25, 0.3) is 5.91 Å². The van der Waals surface area contributed by atoms with Crippen molar-refractivity contribution in [3.63, 3.8) is 0 Å². The van der Waals surface area contributed by atoms with Crippen molar-refractivity contribution in [2.24, 2.45) is 28.0 Å². The molecule has 2 aliphatic carbocycles. The monoisotopic (exact) mass is 426 g/mol. The number of hydrogen-bond donors (Lipinski definition) is 2. The lowest BCUT2D eigenvalue weighted by Crippen LogP contribution is -2.32. The molecule has 1 amide bonds. The van der Waals surface area contributed by atoms with E-state index in [0.29, 0.717) is 37.0 Å². The fourth-order valence-corrected chi connectivity index (χ4v) is 3.56. The molecule has 2 aromatic rings. The smallest absolute Gasteiger partial charge is 0.254 e. The standard InChI is InChI=1S/C23H30N4O4/c1-16-8-19(21(28)27(11-17-2-3-17)12-18-4-7-29-13-18)10-20(9-16)30-14-23(5-6-23)15-31-26-22(24)25/h4,7-10,13,17H,2-3,5-6,11-12,14-15H2,1H3,(H4,24,25,26). The first-order valence-electron chi connectivity index (χ1n) is 10.7. The third-order valence-electron chi connectivity index (χ3n) is 5.76. The van der Waals surface area contributed by atoms with Gasteiger partial charge in [-0.15, -0.1) is 0 Å². The Bertz CT molecular complexity index is 929. The van der Waals surface area contributed by atoms with Crippen molar-refractivity contribution < 1.29 is 18.8 Å². The maximum absolute atomic E-state index is 13.3. The molecule has 8 heteroatoms. The fourth-order valence-electron chi connectivity index (χ4n) is 3.56. The molecule has 0 aliphatic heterocycles. The minimum atomic E-state index is -0.0928. The maximum atomic E-state index is 13.3. The van der Waals surface area contributed by atoms with Crippen LogP contribution in [0.25, 0.3) is 0 Å². The summed E-state index contributed by atoms with van der Waals surface area (Å²) < 4.78 is 11.2. The first-order chi connectivity index (χ1) is 14.9. The molecule has 1 aromatic carbocycles. The first-order valence-corrected chi connectivity index (χ1v) is 10.7. The molecule has 4 rings (SSSR count). The molecular formula is C23H30N4O4. The Kier molecular flexibility index (Phi) is 6.06. The fraction of sp³-hybridized carbons (Fsp3) is 0.478. The minimum absolute atomic E-state index is 0.0128. The number of aryl methyl sites for hydroxylation is 1. The van der Waals surface area contributed by atoms with E-state index in [9.17, 15) is 4.79 Å². The zero-order valence-electron chi connectivity index (χ0n) is 17.9. The molecule has 1 aromatic heterocycles. The van der Waals surface area contributed by atoms with Gasteiger partial charge in [0.05, 0.1) is 19.1 Å². The highest BCUT2D eigenvalue weighted by molar-refractivity contribution is 5.94. The van der Waals surface area contributed by atoms with Gasteiger partial charge in [0.15, 0.2) is 0 Å². The SMILES string of the molecule is Cc1cc(OCC2(CON=C(N)N)CC2)cc(C(=O)N(Cc2ccoc2)CC2CC2)c1. The molecular weight excluding hydrogens is 396 g/mol. The van der Waals surface area contributed by atoms with Gasteiger partial charge in [-0.25, -0.2) is 0 Å². The van der Waals surface area contributed by atoms with Crippen molar-refractivity contribution in [1.29, 1.82) is 0 Å². The van der Waals surface area contributed by atoms with E-state index in [2.05, 4.69) is 5.16 Å². The Morgan fingerprint density at radius 1 is 1.26 bits per heavy atom. The largest absolute Gasteiger partial charge is 0.493 e. The number of guanidine groups is 1. The van der Waals surface area contributed by atoms with Crippen molar-refractivity contribution >= 4 is 11.9 Å². The van der Waals surface area contributed by atoms with Crippen LogP contribution in [0.2, 0.25) is 0 Å². The van der Waals surface area contributed by atoms with E-state index >= 15 is 0 Å². The Morgan fingerprint density at radius 2 is 2.06 bits per heavy atom. The molecule has 0 bridgehead atoms. The molecule has 0 spiro atoms. The molecule has 0 saturated heterocycles. The highest BCUT2D eigenvalue weighted by Gasteiger charge is 2.45. The van der Waals surface area contributed by atoms with E-state index in [1.165, 1.54) is 12.8 Å². The third-order valence-corrected chi connectivity index (χ3v) is 5.76. The van der Waals surface area contributed by atoms with Gasteiger partial charge in [-0.05, 0) is 73.5 Å². The van der Waals surface area contributed by atoms with Crippen molar-refractivity contribution in [1.82, 2.24) is 4.90 Å². The summed E-state index contributed by atoms with van der Waals surface area (Å²) in [7, 11) is 0. The van der Waals surface area contributed by atoms with Gasteiger partial charge in [0.2, 0.25) is 5.96 Å². The topological polar surface area (TPSA) is 116 Å². The zero-order valence-corrected chi connectivity index (χ0v) is 17.9. The van der Waals surface area contributed by atoms with Crippen molar-refractivity contribution in [3.05, 3.63) is 53.5 Å². The van der Waals surface area contributed by atoms with E-state index < -0.39 is 0 Å². The Hall–Kier alpha value is -3.16. The van der Waals surface area contributed by atoms with Crippen LogP contribution in [0.5, 0.6) is 5.75 Å². The first kappa shape index (κ1) is 21.1. The molecule has 2 fully saturated rings. The van der Waals surface area contributed by atoms with Gasteiger partial charge in [0, 0.05) is 29.6 Å². The molecule has 0 atom stereocenters. The Labute approximate surface area is 182 Å². The molecule has 4 N–H and O–H groups in total. The third kappa shape index (κ3) is 5.93. The minimum Gasteiger partial charge on any atom is -0.493 e. The van der Waals surface area contributed by atoms with E-state index in [1.54, 1.807) is 12.5 Å². The van der Waals surface area contributed by atoms with Crippen molar-refractivity contribution in [2.75, 3.05) is 19.8 Å². The van der Waals surface area contributed by atoms with Crippen LogP contribution in [0.1, 0.15) is 47.2 Å². The summed E-state index contributed by atoms with van der Waals surface area (Å²) in [6, 6.07) is 7.60. The predicted octanol–water partition coefficient (Wildman–Crippen LogP) is 3.00. The molecule has 0 radical (unpaired) electrons. The van der Waals surface area contributed by atoms with Gasteiger partial charge in [-0.1, -0.05) is 0 Å². The number of amides is 1.